The Kier molecular flexibility index (Phi) is 17.2. The second-order valence-corrected chi connectivity index (χ2v) is 12.8. The number of rotatable bonds is 15. The van der Waals surface area contributed by atoms with Crippen molar-refractivity contribution in [2.24, 2.45) is 0 Å². The molecule has 0 nitrogen and oxygen atoms in total. The largest absolute Gasteiger partial charge is 0.748 e. The molecule has 0 heterocycles. The van der Waals surface area contributed by atoms with Gasteiger partial charge in [-0.25, -0.2) is 12.1 Å². The molecule has 0 spiro atoms. The molecule has 0 fully saturated rings. The first kappa shape index (κ1) is 34.3. The zero-order valence-electron chi connectivity index (χ0n) is 25.4. The van der Waals surface area contributed by atoms with Crippen molar-refractivity contribution in [3.63, 3.8) is 0 Å². The van der Waals surface area contributed by atoms with E-state index < -0.39 is 7.92 Å². The predicted molar refractivity (Wildman–Crippen MR) is 177 cm³/mol. The molecule has 0 bridgehead atoms. The second-order valence-electron chi connectivity index (χ2n) is 10.7. The first-order chi connectivity index (χ1) is 19.2. The van der Waals surface area contributed by atoms with Gasteiger partial charge in [-0.2, -0.15) is 12.1 Å². The van der Waals surface area contributed by atoms with Crippen molar-refractivity contribution in [3.05, 3.63) is 113 Å². The van der Waals surface area contributed by atoms with Crippen molar-refractivity contribution in [3.8, 4) is 0 Å². The Labute approximate surface area is 257 Å². The average Bonchev–Trinajstić information content (AvgIpc) is 3.72. The van der Waals surface area contributed by atoms with E-state index >= 15 is 0 Å². The minimum absolute atomic E-state index is 0. The molecule has 1 radical (unpaired) electrons. The van der Waals surface area contributed by atoms with Crippen LogP contribution in [0.5, 0.6) is 0 Å². The molecular weight excluding hydrogens is 546 g/mol. The summed E-state index contributed by atoms with van der Waals surface area (Å²) >= 11 is 0. The minimum atomic E-state index is -0.546. The molecule has 223 valence electrons. The van der Waals surface area contributed by atoms with E-state index in [1.165, 1.54) is 82.4 Å². The van der Waals surface area contributed by atoms with E-state index in [1.807, 2.05) is 30.3 Å². The van der Waals surface area contributed by atoms with Gasteiger partial charge in [0.25, 0.3) is 0 Å². The number of aryl methyl sites for hydroxylation is 2. The SMILES string of the molecule is CCCCc1cccc(P(c2cccc(CCCC)c2CCCC)[c-]2cccc2)c1CCCC.[Co].[cH-]1[cH-][cH-][cH-][cH-]1. The third-order valence-corrected chi connectivity index (χ3v) is 10.2. The summed E-state index contributed by atoms with van der Waals surface area (Å²) < 4.78 is 0. The maximum absolute atomic E-state index is 2.47. The van der Waals surface area contributed by atoms with Crippen LogP contribution in [-0.4, -0.2) is 0 Å². The molecule has 0 N–H and O–H groups in total. The molecule has 0 aromatic heterocycles. The van der Waals surface area contributed by atoms with Crippen molar-refractivity contribution in [1.29, 1.82) is 0 Å². The van der Waals surface area contributed by atoms with Gasteiger partial charge in [-0.3, -0.25) is 0 Å². The summed E-state index contributed by atoms with van der Waals surface area (Å²) in [4.78, 5) is 0. The Balaban J connectivity index is 0.000000840. The van der Waals surface area contributed by atoms with Gasteiger partial charge in [0.05, 0.1) is 0 Å². The Hall–Kier alpha value is -1.92. The molecule has 40 heavy (non-hydrogen) atoms. The van der Waals surface area contributed by atoms with E-state index in [1.54, 1.807) is 32.9 Å². The van der Waals surface area contributed by atoms with Gasteiger partial charge in [0, 0.05) is 16.8 Å². The molecule has 0 aliphatic carbocycles. The van der Waals surface area contributed by atoms with Crippen LogP contribution >= 0.6 is 7.92 Å². The Morgan fingerprint density at radius 2 is 0.900 bits per heavy atom. The number of unbranched alkanes of at least 4 members (excludes halogenated alkanes) is 4. The molecule has 0 amide bonds. The van der Waals surface area contributed by atoms with Crippen LogP contribution in [0.2, 0.25) is 0 Å². The molecule has 0 aliphatic rings. The van der Waals surface area contributed by atoms with Gasteiger partial charge in [0.15, 0.2) is 0 Å². The molecule has 0 aliphatic heterocycles. The van der Waals surface area contributed by atoms with Gasteiger partial charge < -0.3 is 30.3 Å². The monoisotopic (exact) mass is 597 g/mol. The summed E-state index contributed by atoms with van der Waals surface area (Å²) in [6.07, 6.45) is 15.0. The molecule has 2 heteroatoms. The number of hydrogen-bond acceptors (Lipinski definition) is 0. The zero-order chi connectivity index (χ0) is 27.7. The molecule has 4 aromatic carbocycles. The third-order valence-electron chi connectivity index (χ3n) is 7.60. The zero-order valence-corrected chi connectivity index (χ0v) is 27.4. The molecule has 4 aromatic rings. The fraction of sp³-hybridized carbons (Fsp3) is 0.421. The van der Waals surface area contributed by atoms with Gasteiger partial charge in [0.1, 0.15) is 0 Å². The molecule has 0 saturated heterocycles. The molecule has 0 unspecified atom stereocenters. The third kappa shape index (κ3) is 10.2. The van der Waals surface area contributed by atoms with Crippen LogP contribution in [-0.2, 0) is 42.5 Å². The summed E-state index contributed by atoms with van der Waals surface area (Å²) in [5.74, 6) is 0. The second kappa shape index (κ2) is 20.0. The molecule has 0 saturated carbocycles. The molecular formula is C38H51CoP-6. The van der Waals surface area contributed by atoms with E-state index in [2.05, 4.69) is 88.4 Å². The number of benzene rings is 2. The fourth-order valence-corrected chi connectivity index (χ4v) is 8.20. The van der Waals surface area contributed by atoms with Gasteiger partial charge in [-0.15, -0.1) is 5.30 Å². The van der Waals surface area contributed by atoms with Crippen LogP contribution in [0.4, 0.5) is 0 Å². The first-order valence-corrected chi connectivity index (χ1v) is 17.0. The van der Waals surface area contributed by atoms with Gasteiger partial charge in [-0.1, -0.05) is 97.7 Å². The fourth-order valence-electron chi connectivity index (χ4n) is 5.39. The number of hydrogen-bond donors (Lipinski definition) is 0. The topological polar surface area (TPSA) is 0 Å². The Morgan fingerprint density at radius 1 is 0.525 bits per heavy atom. The van der Waals surface area contributed by atoms with E-state index in [0.29, 0.717) is 0 Å². The van der Waals surface area contributed by atoms with Crippen molar-refractivity contribution in [2.75, 3.05) is 0 Å². The van der Waals surface area contributed by atoms with Crippen LogP contribution in [0.25, 0.3) is 0 Å². The van der Waals surface area contributed by atoms with Crippen LogP contribution in [0.15, 0.2) is 91.0 Å². The Morgan fingerprint density at radius 3 is 1.27 bits per heavy atom. The van der Waals surface area contributed by atoms with Gasteiger partial charge in [-0.05, 0) is 84.2 Å². The smallest absolute Gasteiger partial charge is 0 e. The quantitative estimate of drug-likeness (QED) is 0.0945. The average molecular weight is 598 g/mol. The van der Waals surface area contributed by atoms with E-state index in [9.17, 15) is 0 Å². The van der Waals surface area contributed by atoms with Gasteiger partial charge in [0.2, 0.25) is 0 Å². The summed E-state index contributed by atoms with van der Waals surface area (Å²) in [5.41, 5.74) is 6.52. The predicted octanol–water partition coefficient (Wildman–Crippen LogP) is 9.94. The minimum Gasteiger partial charge on any atom is -0.748 e. The summed E-state index contributed by atoms with van der Waals surface area (Å²) in [6.45, 7) is 9.28. The van der Waals surface area contributed by atoms with Crippen LogP contribution in [0.1, 0.15) is 101 Å². The van der Waals surface area contributed by atoms with E-state index in [4.69, 9.17) is 0 Å². The first-order valence-electron chi connectivity index (χ1n) is 15.6. The van der Waals surface area contributed by atoms with Crippen LogP contribution in [0, 0.1) is 0 Å². The van der Waals surface area contributed by atoms with Crippen molar-refractivity contribution in [2.45, 2.75) is 105 Å². The van der Waals surface area contributed by atoms with Crippen LogP contribution in [0.3, 0.4) is 0 Å². The maximum Gasteiger partial charge on any atom is 0 e. The van der Waals surface area contributed by atoms with Crippen molar-refractivity contribution >= 4 is 23.8 Å². The summed E-state index contributed by atoms with van der Waals surface area (Å²) in [5, 5.41) is 4.76. The van der Waals surface area contributed by atoms with Crippen molar-refractivity contribution < 1.29 is 16.8 Å². The van der Waals surface area contributed by atoms with Gasteiger partial charge >= 0.3 is 0 Å². The summed E-state index contributed by atoms with van der Waals surface area (Å²) in [7, 11) is -0.546. The van der Waals surface area contributed by atoms with Crippen LogP contribution < -0.4 is 15.9 Å². The maximum atomic E-state index is 2.47. The Bertz CT molecular complexity index is 1080. The molecule has 0 atom stereocenters. The van der Waals surface area contributed by atoms with Crippen molar-refractivity contribution in [1.82, 2.24) is 0 Å². The molecule has 4 rings (SSSR count). The summed E-state index contributed by atoms with van der Waals surface area (Å²) in [6, 6.07) is 33.7. The normalized spacial score (nSPS) is 10.7. The van der Waals surface area contributed by atoms with E-state index in [-0.39, 0.29) is 16.8 Å². The standard InChI is InChI=1S/C33H46P.C5H5.Co/c1-5-9-17-27-19-15-25-32(30(27)23-11-7-3)34(29-21-13-14-22-29)33-26-16-20-28(18-10-6-2)31(33)24-12-8-4;1-2-4-5-3-1;/h13-16,19-22,25-26H,5-12,17-18,23-24H2,1-4H3;1-5H;/q-1;-5;. The van der Waals surface area contributed by atoms with E-state index in [0.717, 1.165) is 0 Å².